The number of rotatable bonds is 5. The number of esters is 1. The first-order chi connectivity index (χ1) is 15.1. The lowest BCUT2D eigenvalue weighted by Crippen LogP contribution is -2.16. The van der Waals surface area contributed by atoms with E-state index in [9.17, 15) is 9.59 Å². The van der Waals surface area contributed by atoms with Gasteiger partial charge in [-0.15, -0.1) is 0 Å². The van der Waals surface area contributed by atoms with Crippen molar-refractivity contribution < 1.29 is 18.7 Å². The summed E-state index contributed by atoms with van der Waals surface area (Å²) in [6.07, 6.45) is 6.61. The Morgan fingerprint density at radius 1 is 0.935 bits per heavy atom. The molecule has 0 bridgehead atoms. The summed E-state index contributed by atoms with van der Waals surface area (Å²) in [4.78, 5) is 29.6. The molecule has 1 N–H and O–H groups in total. The topological polar surface area (TPSA) is 81.4 Å². The van der Waals surface area contributed by atoms with Gasteiger partial charge in [0.2, 0.25) is 0 Å². The van der Waals surface area contributed by atoms with Crippen molar-refractivity contribution in [3.8, 4) is 22.3 Å². The van der Waals surface area contributed by atoms with Gasteiger partial charge in [0.05, 0.1) is 30.9 Å². The van der Waals surface area contributed by atoms with Crippen LogP contribution in [0.15, 0.2) is 83.9 Å². The van der Waals surface area contributed by atoms with Gasteiger partial charge in [0.25, 0.3) is 5.91 Å². The minimum Gasteiger partial charge on any atom is -0.472 e. The number of aromatic nitrogens is 1. The van der Waals surface area contributed by atoms with Crippen LogP contribution in [0.4, 0.5) is 5.69 Å². The molecule has 0 radical (unpaired) electrons. The van der Waals surface area contributed by atoms with Gasteiger partial charge in [0.15, 0.2) is 0 Å². The van der Waals surface area contributed by atoms with Crippen LogP contribution in [0.5, 0.6) is 0 Å². The van der Waals surface area contributed by atoms with E-state index in [0.29, 0.717) is 11.3 Å². The van der Waals surface area contributed by atoms with E-state index in [-0.39, 0.29) is 11.5 Å². The van der Waals surface area contributed by atoms with E-state index in [1.54, 1.807) is 49.2 Å². The molecule has 0 spiro atoms. The number of ether oxygens (including phenoxy) is 1. The van der Waals surface area contributed by atoms with Crippen LogP contribution in [0.25, 0.3) is 22.3 Å². The van der Waals surface area contributed by atoms with Crippen LogP contribution in [-0.2, 0) is 4.74 Å². The standard InChI is InChI=1S/C25H20N2O4/c1-16-5-6-17(19-4-3-10-26-14-19)12-22(16)24(28)27-23-13-18(20-9-11-31-15-20)7-8-21(23)25(29)30-2/h3-15H,1-2H3,(H,27,28). The van der Waals surface area contributed by atoms with Crippen LogP contribution < -0.4 is 5.32 Å². The van der Waals surface area contributed by atoms with Crippen molar-refractivity contribution in [2.45, 2.75) is 6.92 Å². The first kappa shape index (κ1) is 20.1. The molecule has 0 aliphatic heterocycles. The Labute approximate surface area is 179 Å². The number of hydrogen-bond acceptors (Lipinski definition) is 5. The van der Waals surface area contributed by atoms with Crippen LogP contribution in [0, 0.1) is 6.92 Å². The summed E-state index contributed by atoms with van der Waals surface area (Å²) in [6.45, 7) is 1.87. The number of nitrogens with zero attached hydrogens (tertiary/aromatic N) is 1. The fourth-order valence-corrected chi connectivity index (χ4v) is 3.31. The molecule has 0 fully saturated rings. The molecule has 2 aromatic carbocycles. The summed E-state index contributed by atoms with van der Waals surface area (Å²) in [7, 11) is 1.30. The van der Waals surface area contributed by atoms with Crippen molar-refractivity contribution in [1.82, 2.24) is 4.98 Å². The van der Waals surface area contributed by atoms with E-state index in [4.69, 9.17) is 9.15 Å². The maximum Gasteiger partial charge on any atom is 0.339 e. The Hall–Kier alpha value is -4.19. The summed E-state index contributed by atoms with van der Waals surface area (Å²) in [5.74, 6) is -0.854. The summed E-state index contributed by atoms with van der Waals surface area (Å²) in [6, 6.07) is 16.4. The molecule has 6 heteroatoms. The highest BCUT2D eigenvalue weighted by Gasteiger charge is 2.18. The van der Waals surface area contributed by atoms with Gasteiger partial charge in [-0.1, -0.05) is 24.3 Å². The van der Waals surface area contributed by atoms with Crippen LogP contribution in [0.2, 0.25) is 0 Å². The van der Waals surface area contributed by atoms with Gasteiger partial charge in [-0.25, -0.2) is 4.79 Å². The third-order valence-corrected chi connectivity index (χ3v) is 5.00. The van der Waals surface area contributed by atoms with Crippen molar-refractivity contribution in [3.05, 3.63) is 96.2 Å². The van der Waals surface area contributed by atoms with Crippen molar-refractivity contribution in [1.29, 1.82) is 0 Å². The minimum atomic E-state index is -0.533. The molecule has 4 rings (SSSR count). The summed E-state index contributed by atoms with van der Waals surface area (Å²) >= 11 is 0. The highest BCUT2D eigenvalue weighted by Crippen LogP contribution is 2.28. The maximum atomic E-state index is 13.2. The predicted octanol–water partition coefficient (Wildman–Crippen LogP) is 5.36. The zero-order valence-corrected chi connectivity index (χ0v) is 17.1. The molecule has 4 aromatic rings. The average molecular weight is 412 g/mol. The Kier molecular flexibility index (Phi) is 5.62. The molecule has 154 valence electrons. The van der Waals surface area contributed by atoms with Gasteiger partial charge in [-0.2, -0.15) is 0 Å². The van der Waals surface area contributed by atoms with Gasteiger partial charge in [0.1, 0.15) is 0 Å². The fraction of sp³-hybridized carbons (Fsp3) is 0.0800. The lowest BCUT2D eigenvalue weighted by molar-refractivity contribution is 0.0602. The predicted molar refractivity (Wildman–Crippen MR) is 118 cm³/mol. The second-order valence-electron chi connectivity index (χ2n) is 6.99. The molecule has 0 aliphatic carbocycles. The summed E-state index contributed by atoms with van der Waals surface area (Å²) in [5.41, 5.74) is 5.38. The Balaban J connectivity index is 1.71. The highest BCUT2D eigenvalue weighted by molar-refractivity contribution is 6.09. The van der Waals surface area contributed by atoms with E-state index >= 15 is 0 Å². The van der Waals surface area contributed by atoms with E-state index < -0.39 is 5.97 Å². The Morgan fingerprint density at radius 2 is 1.74 bits per heavy atom. The molecule has 0 saturated carbocycles. The smallest absolute Gasteiger partial charge is 0.339 e. The Morgan fingerprint density at radius 3 is 2.45 bits per heavy atom. The SMILES string of the molecule is COC(=O)c1ccc(-c2ccoc2)cc1NC(=O)c1cc(-c2cccnc2)ccc1C. The van der Waals surface area contributed by atoms with Gasteiger partial charge < -0.3 is 14.5 Å². The van der Waals surface area contributed by atoms with E-state index in [0.717, 1.165) is 27.8 Å². The van der Waals surface area contributed by atoms with Gasteiger partial charge in [-0.05, 0) is 53.9 Å². The lowest BCUT2D eigenvalue weighted by atomic mass is 9.99. The number of anilines is 1. The van der Waals surface area contributed by atoms with Crippen LogP contribution >= 0.6 is 0 Å². The largest absolute Gasteiger partial charge is 0.472 e. The third kappa shape index (κ3) is 4.23. The molecule has 1 amide bonds. The monoisotopic (exact) mass is 412 g/mol. The van der Waals surface area contributed by atoms with Crippen molar-refractivity contribution >= 4 is 17.6 Å². The van der Waals surface area contributed by atoms with Crippen molar-refractivity contribution in [2.24, 2.45) is 0 Å². The van der Waals surface area contributed by atoms with Crippen molar-refractivity contribution in [2.75, 3.05) is 12.4 Å². The molecule has 0 unspecified atom stereocenters. The number of amides is 1. The molecular weight excluding hydrogens is 392 g/mol. The molecule has 2 aromatic heterocycles. The molecule has 0 saturated heterocycles. The van der Waals surface area contributed by atoms with Gasteiger partial charge in [-0.3, -0.25) is 9.78 Å². The van der Waals surface area contributed by atoms with Crippen LogP contribution in [0.3, 0.4) is 0 Å². The number of benzene rings is 2. The van der Waals surface area contributed by atoms with Gasteiger partial charge in [0, 0.05) is 29.1 Å². The number of carbonyl (C=O) groups is 2. The number of pyridine rings is 1. The number of methoxy groups -OCH3 is 1. The van der Waals surface area contributed by atoms with E-state index in [1.165, 1.54) is 7.11 Å². The second kappa shape index (κ2) is 8.67. The number of nitrogens with one attached hydrogen (secondary N) is 1. The number of aryl methyl sites for hydroxylation is 1. The fourth-order valence-electron chi connectivity index (χ4n) is 3.31. The van der Waals surface area contributed by atoms with Crippen LogP contribution in [-0.4, -0.2) is 24.0 Å². The molecular formula is C25H20N2O4. The van der Waals surface area contributed by atoms with Gasteiger partial charge >= 0.3 is 5.97 Å². The number of carbonyl (C=O) groups excluding carboxylic acids is 2. The average Bonchev–Trinajstić information content (AvgIpc) is 3.34. The van der Waals surface area contributed by atoms with E-state index in [2.05, 4.69) is 10.3 Å². The zero-order chi connectivity index (χ0) is 21.8. The third-order valence-electron chi connectivity index (χ3n) is 5.00. The number of furan rings is 1. The minimum absolute atomic E-state index is 0.268. The molecule has 0 aliphatic rings. The zero-order valence-electron chi connectivity index (χ0n) is 17.1. The second-order valence-corrected chi connectivity index (χ2v) is 6.99. The highest BCUT2D eigenvalue weighted by atomic mass is 16.5. The summed E-state index contributed by atoms with van der Waals surface area (Å²) in [5, 5.41) is 2.88. The summed E-state index contributed by atoms with van der Waals surface area (Å²) < 4.78 is 10.0. The lowest BCUT2D eigenvalue weighted by Gasteiger charge is -2.13. The molecule has 2 heterocycles. The number of hydrogen-bond donors (Lipinski definition) is 1. The molecule has 6 nitrogen and oxygen atoms in total. The normalized spacial score (nSPS) is 10.5. The molecule has 0 atom stereocenters. The maximum absolute atomic E-state index is 13.2. The first-order valence-corrected chi connectivity index (χ1v) is 9.64. The first-order valence-electron chi connectivity index (χ1n) is 9.64. The van der Waals surface area contributed by atoms with Crippen molar-refractivity contribution in [3.63, 3.8) is 0 Å². The van der Waals surface area contributed by atoms with E-state index in [1.807, 2.05) is 37.3 Å². The Bertz CT molecular complexity index is 1230. The molecule has 31 heavy (non-hydrogen) atoms. The van der Waals surface area contributed by atoms with Crippen LogP contribution in [0.1, 0.15) is 26.3 Å². The quantitative estimate of drug-likeness (QED) is 0.447.